The van der Waals surface area contributed by atoms with E-state index in [9.17, 15) is 13.9 Å². The van der Waals surface area contributed by atoms with E-state index in [0.717, 1.165) is 37.1 Å². The zero-order valence-corrected chi connectivity index (χ0v) is 16.5. The molecule has 2 aromatic heterocycles. The molecule has 156 valence electrons. The minimum atomic E-state index is -2.59. The van der Waals surface area contributed by atoms with E-state index in [1.165, 1.54) is 0 Å². The van der Waals surface area contributed by atoms with Crippen molar-refractivity contribution in [1.29, 1.82) is 0 Å². The second-order valence-corrected chi connectivity index (χ2v) is 8.13. The van der Waals surface area contributed by atoms with E-state index >= 15 is 0 Å². The summed E-state index contributed by atoms with van der Waals surface area (Å²) in [7, 11) is 0. The number of benzene rings is 1. The summed E-state index contributed by atoms with van der Waals surface area (Å²) < 4.78 is 29.3. The Kier molecular flexibility index (Phi) is 4.64. The minimum absolute atomic E-state index is 0.0640. The first-order valence-electron chi connectivity index (χ1n) is 10.3. The highest BCUT2D eigenvalue weighted by atomic mass is 19.3. The number of halogens is 2. The molecule has 1 N–H and O–H groups in total. The highest BCUT2D eigenvalue weighted by molar-refractivity contribution is 5.70. The van der Waals surface area contributed by atoms with Gasteiger partial charge in [-0.25, -0.2) is 13.5 Å². The van der Waals surface area contributed by atoms with Gasteiger partial charge in [0.15, 0.2) is 5.82 Å². The molecule has 1 aliphatic heterocycles. The van der Waals surface area contributed by atoms with E-state index in [-0.39, 0.29) is 24.6 Å². The lowest BCUT2D eigenvalue weighted by molar-refractivity contribution is 0.00774. The SMILES string of the molecule is Oc1cc(-n2cccn2)ccc1-c1cc2c(nn1)N([C@@H]1CCC(F)(F)C1)CCCC2. The van der Waals surface area contributed by atoms with Crippen LogP contribution in [0.25, 0.3) is 16.9 Å². The van der Waals surface area contributed by atoms with E-state index in [0.29, 0.717) is 23.5 Å². The Morgan fingerprint density at radius 1 is 1.13 bits per heavy atom. The second-order valence-electron chi connectivity index (χ2n) is 8.13. The molecule has 0 amide bonds. The molecule has 30 heavy (non-hydrogen) atoms. The summed E-state index contributed by atoms with van der Waals surface area (Å²) in [6, 6.07) is 8.86. The number of anilines is 1. The Balaban J connectivity index is 1.47. The third kappa shape index (κ3) is 3.51. The van der Waals surface area contributed by atoms with Gasteiger partial charge >= 0.3 is 0 Å². The third-order valence-corrected chi connectivity index (χ3v) is 6.06. The Labute approximate surface area is 173 Å². The fourth-order valence-electron chi connectivity index (χ4n) is 4.53. The first-order valence-corrected chi connectivity index (χ1v) is 10.3. The van der Waals surface area contributed by atoms with Crippen molar-refractivity contribution >= 4 is 5.82 Å². The van der Waals surface area contributed by atoms with Crippen LogP contribution < -0.4 is 4.90 Å². The summed E-state index contributed by atoms with van der Waals surface area (Å²) >= 11 is 0. The predicted octanol–water partition coefficient (Wildman–Crippen LogP) is 4.37. The van der Waals surface area contributed by atoms with Crippen LogP contribution in [0, 0.1) is 0 Å². The normalized spacial score (nSPS) is 20.7. The smallest absolute Gasteiger partial charge is 0.250 e. The first-order chi connectivity index (χ1) is 14.5. The van der Waals surface area contributed by atoms with Crippen LogP contribution in [-0.2, 0) is 6.42 Å². The fraction of sp³-hybridized carbons (Fsp3) is 0.409. The molecule has 0 saturated heterocycles. The predicted molar refractivity (Wildman–Crippen MR) is 109 cm³/mol. The molecule has 1 atom stereocenters. The Hall–Kier alpha value is -3.03. The number of aryl methyl sites for hydroxylation is 1. The fourth-order valence-corrected chi connectivity index (χ4v) is 4.53. The van der Waals surface area contributed by atoms with Crippen LogP contribution in [0.5, 0.6) is 5.75 Å². The number of fused-ring (bicyclic) bond motifs is 1. The van der Waals surface area contributed by atoms with Crippen molar-refractivity contribution in [2.45, 2.75) is 50.5 Å². The van der Waals surface area contributed by atoms with Gasteiger partial charge in [-0.15, -0.1) is 10.2 Å². The molecule has 0 radical (unpaired) electrons. The molecule has 1 aliphatic carbocycles. The third-order valence-electron chi connectivity index (χ3n) is 6.06. The monoisotopic (exact) mass is 411 g/mol. The van der Waals surface area contributed by atoms with Gasteiger partial charge in [-0.05, 0) is 55.5 Å². The lowest BCUT2D eigenvalue weighted by Gasteiger charge is -2.29. The average molecular weight is 411 g/mol. The van der Waals surface area contributed by atoms with Crippen LogP contribution in [0.4, 0.5) is 14.6 Å². The number of aromatic nitrogens is 4. The van der Waals surface area contributed by atoms with Crippen LogP contribution in [0.15, 0.2) is 42.7 Å². The molecule has 0 spiro atoms. The van der Waals surface area contributed by atoms with Gasteiger partial charge in [0.1, 0.15) is 5.75 Å². The van der Waals surface area contributed by atoms with Gasteiger partial charge < -0.3 is 10.0 Å². The van der Waals surface area contributed by atoms with Gasteiger partial charge in [-0.2, -0.15) is 5.10 Å². The molecule has 2 aliphatic rings. The number of phenolic OH excluding ortho intramolecular Hbond substituents is 1. The number of hydrogen-bond donors (Lipinski definition) is 1. The van der Waals surface area contributed by atoms with Gasteiger partial charge in [0.2, 0.25) is 5.92 Å². The van der Waals surface area contributed by atoms with E-state index in [4.69, 9.17) is 0 Å². The molecular weight excluding hydrogens is 388 g/mol. The van der Waals surface area contributed by atoms with Gasteiger partial charge in [-0.3, -0.25) is 0 Å². The molecule has 3 aromatic rings. The van der Waals surface area contributed by atoms with Gasteiger partial charge in [0, 0.05) is 49.5 Å². The number of phenols is 1. The lowest BCUT2D eigenvalue weighted by atomic mass is 10.1. The van der Waals surface area contributed by atoms with E-state index < -0.39 is 5.92 Å². The zero-order valence-electron chi connectivity index (χ0n) is 16.5. The number of hydrogen-bond acceptors (Lipinski definition) is 5. The van der Waals surface area contributed by atoms with Crippen LogP contribution in [0.2, 0.25) is 0 Å². The maximum atomic E-state index is 13.8. The summed E-state index contributed by atoms with van der Waals surface area (Å²) in [5, 5.41) is 23.6. The summed E-state index contributed by atoms with van der Waals surface area (Å²) in [5.74, 6) is -1.78. The van der Waals surface area contributed by atoms with Crippen molar-refractivity contribution in [3.05, 3.63) is 48.3 Å². The van der Waals surface area contributed by atoms with Crippen LogP contribution >= 0.6 is 0 Å². The van der Waals surface area contributed by atoms with Crippen LogP contribution in [0.1, 0.15) is 37.7 Å². The number of rotatable bonds is 3. The standard InChI is InChI=1S/C22H23F2N5O/c23-22(24)8-7-17(14-22)28-10-2-1-4-15-12-19(26-27-21(15)28)18-6-5-16(13-20(18)30)29-11-3-9-25-29/h3,5-6,9,11-13,17,30H,1-2,4,7-8,10,14H2/t17-/m1/s1. The first kappa shape index (κ1) is 19.0. The number of aromatic hydroxyl groups is 1. The topological polar surface area (TPSA) is 67.1 Å². The Morgan fingerprint density at radius 3 is 2.77 bits per heavy atom. The molecule has 5 rings (SSSR count). The maximum absolute atomic E-state index is 13.8. The largest absolute Gasteiger partial charge is 0.507 e. The summed E-state index contributed by atoms with van der Waals surface area (Å²) in [6.45, 7) is 0.728. The zero-order chi connectivity index (χ0) is 20.7. The molecule has 0 unspecified atom stereocenters. The van der Waals surface area contributed by atoms with Crippen molar-refractivity contribution in [3.63, 3.8) is 0 Å². The van der Waals surface area contributed by atoms with Crippen molar-refractivity contribution in [2.24, 2.45) is 0 Å². The molecule has 3 heterocycles. The quantitative estimate of drug-likeness (QED) is 0.693. The van der Waals surface area contributed by atoms with Crippen molar-refractivity contribution in [3.8, 4) is 22.7 Å². The van der Waals surface area contributed by atoms with Gasteiger partial charge in [0.05, 0.1) is 11.4 Å². The van der Waals surface area contributed by atoms with E-state index in [1.807, 2.05) is 23.1 Å². The number of alkyl halides is 2. The highest BCUT2D eigenvalue weighted by Crippen LogP contribution is 2.40. The Morgan fingerprint density at radius 2 is 2.03 bits per heavy atom. The van der Waals surface area contributed by atoms with E-state index in [1.54, 1.807) is 29.2 Å². The summed E-state index contributed by atoms with van der Waals surface area (Å²) in [4.78, 5) is 2.03. The molecule has 0 bridgehead atoms. The van der Waals surface area contributed by atoms with E-state index in [2.05, 4.69) is 15.3 Å². The molecule has 1 saturated carbocycles. The summed E-state index contributed by atoms with van der Waals surface area (Å²) in [6.07, 6.45) is 6.51. The van der Waals surface area contributed by atoms with Gasteiger partial charge in [0.25, 0.3) is 0 Å². The average Bonchev–Trinajstić information content (AvgIpc) is 3.33. The summed E-state index contributed by atoms with van der Waals surface area (Å²) in [5.41, 5.74) is 2.92. The Bertz CT molecular complexity index is 1050. The lowest BCUT2D eigenvalue weighted by Crippen LogP contribution is -2.36. The van der Waals surface area contributed by atoms with Crippen molar-refractivity contribution in [2.75, 3.05) is 11.4 Å². The van der Waals surface area contributed by atoms with Crippen molar-refractivity contribution in [1.82, 2.24) is 20.0 Å². The molecule has 1 fully saturated rings. The molecular formula is C22H23F2N5O. The highest BCUT2D eigenvalue weighted by Gasteiger charge is 2.42. The molecule has 8 heteroatoms. The molecule has 6 nitrogen and oxygen atoms in total. The van der Waals surface area contributed by atoms with Gasteiger partial charge in [-0.1, -0.05) is 0 Å². The maximum Gasteiger partial charge on any atom is 0.250 e. The number of nitrogens with zero attached hydrogens (tertiary/aromatic N) is 5. The van der Waals surface area contributed by atoms with Crippen LogP contribution in [-0.4, -0.2) is 43.6 Å². The van der Waals surface area contributed by atoms with Crippen LogP contribution in [0.3, 0.4) is 0 Å². The second kappa shape index (κ2) is 7.34. The molecule has 1 aromatic carbocycles. The minimum Gasteiger partial charge on any atom is -0.507 e. The van der Waals surface area contributed by atoms with Crippen molar-refractivity contribution < 1.29 is 13.9 Å².